The van der Waals surface area contributed by atoms with Crippen LogP contribution < -0.4 is 15.4 Å². The Kier molecular flexibility index (Phi) is 10.4. The molecule has 3 N–H and O–H groups in total. The molecule has 0 spiro atoms. The van der Waals surface area contributed by atoms with E-state index in [-0.39, 0.29) is 29.9 Å². The lowest BCUT2D eigenvalue weighted by Crippen LogP contribution is -2.40. The number of nitrogens with one attached hydrogen (secondary N) is 3. The monoisotopic (exact) mass is 588 g/mol. The van der Waals surface area contributed by atoms with Crippen molar-refractivity contribution in [3.05, 3.63) is 54.2 Å². The van der Waals surface area contributed by atoms with E-state index in [4.69, 9.17) is 9.47 Å². The number of aromatic nitrogens is 1. The zero-order valence-electron chi connectivity index (χ0n) is 23.5. The number of nitrogens with zero attached hydrogens (tertiary/aromatic N) is 1. The third kappa shape index (κ3) is 9.12. The topological polar surface area (TPSA) is 136 Å². The summed E-state index contributed by atoms with van der Waals surface area (Å²) >= 11 is 1.35. The van der Waals surface area contributed by atoms with Gasteiger partial charge in [0.15, 0.2) is 0 Å². The van der Waals surface area contributed by atoms with Gasteiger partial charge in [0.05, 0.1) is 22.5 Å². The average Bonchev–Trinajstić information content (AvgIpc) is 3.35. The highest BCUT2D eigenvalue weighted by Crippen LogP contribution is 2.36. The molecular formula is C28H36N4O6S2. The van der Waals surface area contributed by atoms with Gasteiger partial charge in [-0.15, -0.1) is 11.3 Å². The molecule has 0 aliphatic rings. The van der Waals surface area contributed by atoms with E-state index >= 15 is 0 Å². The molecule has 2 amide bonds. The summed E-state index contributed by atoms with van der Waals surface area (Å²) in [5, 5.41) is 6.15. The van der Waals surface area contributed by atoms with E-state index in [0.29, 0.717) is 33.3 Å². The van der Waals surface area contributed by atoms with Gasteiger partial charge in [0.25, 0.3) is 0 Å². The number of thiazole rings is 1. The molecule has 0 radical (unpaired) electrons. The van der Waals surface area contributed by atoms with Crippen LogP contribution in [0.2, 0.25) is 0 Å². The second kappa shape index (κ2) is 13.4. The Morgan fingerprint density at radius 2 is 1.77 bits per heavy atom. The molecule has 0 aliphatic heterocycles. The molecule has 12 heteroatoms. The third-order valence-electron chi connectivity index (χ3n) is 5.29. The predicted molar refractivity (Wildman–Crippen MR) is 157 cm³/mol. The maximum Gasteiger partial charge on any atom is 0.411 e. The van der Waals surface area contributed by atoms with E-state index < -0.39 is 21.7 Å². The first-order chi connectivity index (χ1) is 18.8. The van der Waals surface area contributed by atoms with E-state index in [1.807, 2.05) is 12.1 Å². The van der Waals surface area contributed by atoms with E-state index in [1.165, 1.54) is 18.4 Å². The smallest absolute Gasteiger partial charge is 0.411 e. The quantitative estimate of drug-likeness (QED) is 0.281. The first-order valence-corrected chi connectivity index (χ1v) is 15.0. The summed E-state index contributed by atoms with van der Waals surface area (Å²) in [6.45, 7) is 9.35. The van der Waals surface area contributed by atoms with Gasteiger partial charge in [-0.25, -0.2) is 22.9 Å². The van der Waals surface area contributed by atoms with Gasteiger partial charge in [-0.2, -0.15) is 0 Å². The molecule has 0 unspecified atom stereocenters. The molecule has 0 aliphatic carbocycles. The van der Waals surface area contributed by atoms with Gasteiger partial charge in [-0.05, 0) is 70.5 Å². The van der Waals surface area contributed by atoms with Crippen molar-refractivity contribution in [1.82, 2.24) is 15.0 Å². The van der Waals surface area contributed by atoms with Crippen molar-refractivity contribution in [2.24, 2.45) is 0 Å². The molecule has 2 aromatic carbocycles. The van der Waals surface area contributed by atoms with Crippen molar-refractivity contribution < 1.29 is 27.5 Å². The summed E-state index contributed by atoms with van der Waals surface area (Å²) in [6, 6.07) is 12.2. The first kappa shape index (κ1) is 31.2. The maximum atomic E-state index is 13.5. The molecule has 1 aromatic heterocycles. The van der Waals surface area contributed by atoms with Gasteiger partial charge in [-0.1, -0.05) is 12.1 Å². The largest absolute Gasteiger partial charge is 0.447 e. The molecule has 10 nitrogen and oxygen atoms in total. The number of rotatable bonds is 11. The number of ether oxygens (including phenoxy) is 2. The summed E-state index contributed by atoms with van der Waals surface area (Å²) < 4.78 is 39.7. The van der Waals surface area contributed by atoms with E-state index in [2.05, 4.69) is 20.3 Å². The standard InChI is InChI=1S/C28H36N4O6S2/c1-18(2)38-27(34)31-21-10-8-20(9-11-21)26-30-17-23(39-26)22-12-7-19(16-29-25(33)13-14-37-6)15-24(22)40(35,36)32-28(3,4)5/h7-12,15,17-18,32H,13-14,16H2,1-6H3,(H,29,33)(H,31,34). The highest BCUT2D eigenvalue weighted by molar-refractivity contribution is 7.89. The number of methoxy groups -OCH3 is 1. The van der Waals surface area contributed by atoms with Crippen LogP contribution in [0.3, 0.4) is 0 Å². The van der Waals surface area contributed by atoms with Crippen LogP contribution in [0.5, 0.6) is 0 Å². The summed E-state index contributed by atoms with van der Waals surface area (Å²) in [5.41, 5.74) is 1.85. The molecule has 1 heterocycles. The Hall–Kier alpha value is -3.32. The molecule has 40 heavy (non-hydrogen) atoms. The van der Waals surface area contributed by atoms with E-state index in [0.717, 1.165) is 5.56 Å². The molecule has 0 saturated carbocycles. The van der Waals surface area contributed by atoms with E-state index in [1.54, 1.807) is 71.1 Å². The molecule has 3 rings (SSSR count). The summed E-state index contributed by atoms with van der Waals surface area (Å²) in [6.07, 6.45) is 1.10. The van der Waals surface area contributed by atoms with Gasteiger partial charge in [-0.3, -0.25) is 10.1 Å². The van der Waals surface area contributed by atoms with Gasteiger partial charge in [0.1, 0.15) is 5.01 Å². The predicted octanol–water partition coefficient (Wildman–Crippen LogP) is 5.16. The number of hydrogen-bond donors (Lipinski definition) is 3. The maximum absolute atomic E-state index is 13.5. The zero-order chi connectivity index (χ0) is 29.5. The van der Waals surface area contributed by atoms with Crippen LogP contribution in [-0.4, -0.2) is 50.8 Å². The lowest BCUT2D eigenvalue weighted by Gasteiger charge is -2.22. The van der Waals surface area contributed by atoms with Gasteiger partial charge < -0.3 is 14.8 Å². The normalized spacial score (nSPS) is 11.9. The van der Waals surface area contributed by atoms with Crippen molar-refractivity contribution in [2.75, 3.05) is 19.0 Å². The van der Waals surface area contributed by atoms with Gasteiger partial charge in [0, 0.05) is 48.6 Å². The molecule has 216 valence electrons. The SMILES string of the molecule is COCCC(=O)NCc1ccc(-c2cnc(-c3ccc(NC(=O)OC(C)C)cc3)s2)c(S(=O)(=O)NC(C)(C)C)c1. The number of carbonyl (C=O) groups excluding carboxylic acids is 2. The van der Waals surface area contributed by atoms with Crippen LogP contribution in [-0.2, 0) is 30.8 Å². The highest BCUT2D eigenvalue weighted by atomic mass is 32.2. The minimum atomic E-state index is -3.91. The molecule has 3 aromatic rings. The lowest BCUT2D eigenvalue weighted by molar-refractivity contribution is -0.122. The molecule has 0 bridgehead atoms. The summed E-state index contributed by atoms with van der Waals surface area (Å²) in [5.74, 6) is -0.187. The Labute approximate surface area is 239 Å². The number of benzene rings is 2. The number of sulfonamides is 1. The minimum Gasteiger partial charge on any atom is -0.447 e. The van der Waals surface area contributed by atoms with Crippen molar-refractivity contribution in [2.45, 2.75) is 64.1 Å². The van der Waals surface area contributed by atoms with Crippen LogP contribution >= 0.6 is 11.3 Å². The summed E-state index contributed by atoms with van der Waals surface area (Å²) in [4.78, 5) is 29.2. The van der Waals surface area contributed by atoms with Crippen LogP contribution in [0.4, 0.5) is 10.5 Å². The van der Waals surface area contributed by atoms with Crippen LogP contribution in [0.15, 0.2) is 53.6 Å². The van der Waals surface area contributed by atoms with E-state index in [9.17, 15) is 18.0 Å². The number of hydrogen-bond acceptors (Lipinski definition) is 8. The number of amides is 2. The zero-order valence-corrected chi connectivity index (χ0v) is 25.2. The molecule has 0 atom stereocenters. The van der Waals surface area contributed by atoms with Crippen LogP contribution in [0, 0.1) is 0 Å². The van der Waals surface area contributed by atoms with Crippen molar-refractivity contribution in [1.29, 1.82) is 0 Å². The van der Waals surface area contributed by atoms with Gasteiger partial charge in [0.2, 0.25) is 15.9 Å². The second-order valence-corrected chi connectivity index (χ2v) is 13.1. The Morgan fingerprint density at radius 1 is 1.07 bits per heavy atom. The molecule has 0 fully saturated rings. The lowest BCUT2D eigenvalue weighted by atomic mass is 10.1. The van der Waals surface area contributed by atoms with Crippen molar-refractivity contribution >= 4 is 39.0 Å². The molecule has 0 saturated heterocycles. The Balaban J connectivity index is 1.89. The number of anilines is 1. The highest BCUT2D eigenvalue weighted by Gasteiger charge is 2.26. The van der Waals surface area contributed by atoms with Crippen molar-refractivity contribution in [3.8, 4) is 21.0 Å². The molecular weight excluding hydrogens is 552 g/mol. The third-order valence-corrected chi connectivity index (χ3v) is 8.17. The first-order valence-electron chi connectivity index (χ1n) is 12.7. The van der Waals surface area contributed by atoms with Crippen LogP contribution in [0.1, 0.15) is 46.6 Å². The average molecular weight is 589 g/mol. The fourth-order valence-electron chi connectivity index (χ4n) is 3.63. The summed E-state index contributed by atoms with van der Waals surface area (Å²) in [7, 11) is -2.39. The fourth-order valence-corrected chi connectivity index (χ4v) is 6.35. The van der Waals surface area contributed by atoms with Gasteiger partial charge >= 0.3 is 6.09 Å². The Bertz CT molecular complexity index is 1430. The van der Waals surface area contributed by atoms with Crippen LogP contribution in [0.25, 0.3) is 21.0 Å². The minimum absolute atomic E-state index is 0.101. The fraction of sp³-hybridized carbons (Fsp3) is 0.393. The Morgan fingerprint density at radius 3 is 2.40 bits per heavy atom. The van der Waals surface area contributed by atoms with Crippen molar-refractivity contribution in [3.63, 3.8) is 0 Å². The second-order valence-electron chi connectivity index (χ2n) is 10.4. The number of carbonyl (C=O) groups is 2.